The van der Waals surface area contributed by atoms with E-state index >= 15 is 0 Å². The number of fused-ring (bicyclic) bond motifs is 3. The van der Waals surface area contributed by atoms with Crippen molar-refractivity contribution >= 4 is 22.6 Å². The topological polar surface area (TPSA) is 42.7 Å². The van der Waals surface area contributed by atoms with Gasteiger partial charge in [0.2, 0.25) is 0 Å². The molecule has 152 valence electrons. The molecule has 0 saturated heterocycles. The van der Waals surface area contributed by atoms with E-state index in [0.717, 1.165) is 54.3 Å². The number of ether oxygens (including phenoxy) is 1. The molecule has 0 bridgehead atoms. The molecule has 0 fully saturated rings. The third-order valence-electron chi connectivity index (χ3n) is 5.32. The van der Waals surface area contributed by atoms with Crippen molar-refractivity contribution in [3.63, 3.8) is 0 Å². The van der Waals surface area contributed by atoms with Gasteiger partial charge in [-0.2, -0.15) is 0 Å². The number of unbranched alkanes of at least 4 members (excludes halogenated alkanes) is 1. The maximum atomic E-state index is 13.1. The Morgan fingerprint density at radius 2 is 1.97 bits per heavy atom. The Hall–Kier alpha value is -2.37. The predicted octanol–water partition coefficient (Wildman–Crippen LogP) is 5.32. The standard InChI is InChI=1S/C23H23ClFNO3/c1-2-3-4-16-11-21(27)29-22-18(16)12-20(24)23-19(22)13-26(14-28-23)10-9-15-5-7-17(25)8-6-15/h5-8,11-12H,2-4,9-10,13-14H2,1H3. The molecular weight excluding hydrogens is 393 g/mol. The molecule has 2 heterocycles. The summed E-state index contributed by atoms with van der Waals surface area (Å²) >= 11 is 6.50. The first-order valence-corrected chi connectivity index (χ1v) is 10.3. The van der Waals surface area contributed by atoms with Gasteiger partial charge >= 0.3 is 5.63 Å². The third kappa shape index (κ3) is 4.31. The van der Waals surface area contributed by atoms with Crippen LogP contribution in [0.3, 0.4) is 0 Å². The molecule has 1 aliphatic heterocycles. The van der Waals surface area contributed by atoms with Crippen LogP contribution in [0, 0.1) is 5.82 Å². The number of nitrogens with zero attached hydrogens (tertiary/aromatic N) is 1. The van der Waals surface area contributed by atoms with Crippen molar-refractivity contribution in [2.75, 3.05) is 13.3 Å². The summed E-state index contributed by atoms with van der Waals surface area (Å²) in [7, 11) is 0. The van der Waals surface area contributed by atoms with E-state index in [9.17, 15) is 9.18 Å². The molecule has 0 N–H and O–H groups in total. The summed E-state index contributed by atoms with van der Waals surface area (Å²) in [5.41, 5.74) is 3.05. The molecule has 0 unspecified atom stereocenters. The minimum atomic E-state index is -0.350. The van der Waals surface area contributed by atoms with Crippen molar-refractivity contribution in [3.05, 3.63) is 74.3 Å². The van der Waals surface area contributed by atoms with Gasteiger partial charge in [-0.1, -0.05) is 37.1 Å². The van der Waals surface area contributed by atoms with Crippen LogP contribution in [0.25, 0.3) is 11.0 Å². The molecule has 0 radical (unpaired) electrons. The highest BCUT2D eigenvalue weighted by molar-refractivity contribution is 6.33. The zero-order valence-electron chi connectivity index (χ0n) is 16.3. The molecule has 1 aromatic heterocycles. The Morgan fingerprint density at radius 1 is 1.17 bits per heavy atom. The average Bonchev–Trinajstić information content (AvgIpc) is 2.72. The number of benzene rings is 2. The first-order chi connectivity index (χ1) is 14.0. The van der Waals surface area contributed by atoms with Crippen molar-refractivity contribution in [2.24, 2.45) is 0 Å². The summed E-state index contributed by atoms with van der Waals surface area (Å²) in [6, 6.07) is 9.93. The second-order valence-electron chi connectivity index (χ2n) is 7.44. The van der Waals surface area contributed by atoms with Crippen LogP contribution in [-0.2, 0) is 19.4 Å². The monoisotopic (exact) mass is 415 g/mol. The second kappa shape index (κ2) is 8.56. The largest absolute Gasteiger partial charge is 0.476 e. The van der Waals surface area contributed by atoms with Gasteiger partial charge in [0.25, 0.3) is 0 Å². The van der Waals surface area contributed by atoms with E-state index in [4.69, 9.17) is 20.8 Å². The molecule has 0 atom stereocenters. The number of halogens is 2. The van der Waals surface area contributed by atoms with Crippen molar-refractivity contribution in [2.45, 2.75) is 39.2 Å². The Labute approximate surface area is 173 Å². The van der Waals surface area contributed by atoms with Crippen molar-refractivity contribution in [3.8, 4) is 5.75 Å². The molecule has 4 rings (SSSR count). The van der Waals surface area contributed by atoms with Gasteiger partial charge < -0.3 is 9.15 Å². The van der Waals surface area contributed by atoms with Gasteiger partial charge in [-0.05, 0) is 48.6 Å². The Kier molecular flexibility index (Phi) is 5.88. The summed E-state index contributed by atoms with van der Waals surface area (Å²) in [5.74, 6) is 0.354. The highest BCUT2D eigenvalue weighted by Crippen LogP contribution is 2.39. The lowest BCUT2D eigenvalue weighted by atomic mass is 10.0. The van der Waals surface area contributed by atoms with Crippen LogP contribution < -0.4 is 10.4 Å². The fourth-order valence-corrected chi connectivity index (χ4v) is 4.03. The summed E-state index contributed by atoms with van der Waals surface area (Å²) in [4.78, 5) is 14.3. The lowest BCUT2D eigenvalue weighted by Crippen LogP contribution is -2.34. The molecular formula is C23H23ClFNO3. The Morgan fingerprint density at radius 3 is 2.72 bits per heavy atom. The zero-order valence-corrected chi connectivity index (χ0v) is 17.1. The maximum Gasteiger partial charge on any atom is 0.336 e. The molecule has 1 aliphatic rings. The summed E-state index contributed by atoms with van der Waals surface area (Å²) < 4.78 is 24.6. The Balaban J connectivity index is 1.63. The van der Waals surface area contributed by atoms with Crippen LogP contribution in [0.5, 0.6) is 5.75 Å². The van der Waals surface area contributed by atoms with Gasteiger partial charge in [0.15, 0.2) is 0 Å². The quantitative estimate of drug-likeness (QED) is 0.511. The van der Waals surface area contributed by atoms with E-state index in [1.54, 1.807) is 18.2 Å². The fourth-order valence-electron chi connectivity index (χ4n) is 3.75. The highest BCUT2D eigenvalue weighted by Gasteiger charge is 2.25. The first-order valence-electron chi connectivity index (χ1n) is 9.93. The van der Waals surface area contributed by atoms with E-state index in [0.29, 0.717) is 29.6 Å². The molecule has 0 saturated carbocycles. The maximum absolute atomic E-state index is 13.1. The lowest BCUT2D eigenvalue weighted by Gasteiger charge is -2.30. The molecule has 0 aliphatic carbocycles. The average molecular weight is 416 g/mol. The minimum absolute atomic E-state index is 0.237. The van der Waals surface area contributed by atoms with Gasteiger partial charge in [-0.25, -0.2) is 9.18 Å². The van der Waals surface area contributed by atoms with Crippen molar-refractivity contribution < 1.29 is 13.5 Å². The van der Waals surface area contributed by atoms with Crippen molar-refractivity contribution in [1.82, 2.24) is 4.90 Å². The third-order valence-corrected chi connectivity index (χ3v) is 5.61. The minimum Gasteiger partial charge on any atom is -0.476 e. The number of aryl methyl sites for hydroxylation is 1. The summed E-state index contributed by atoms with van der Waals surface area (Å²) in [6.45, 7) is 3.83. The number of hydrogen-bond acceptors (Lipinski definition) is 4. The number of rotatable bonds is 6. The Bertz CT molecular complexity index is 1080. The fraction of sp³-hybridized carbons (Fsp3) is 0.348. The van der Waals surface area contributed by atoms with Gasteiger partial charge in [-0.15, -0.1) is 0 Å². The van der Waals surface area contributed by atoms with Crippen LogP contribution in [0.15, 0.2) is 45.6 Å². The molecule has 3 aromatic rings. The smallest absolute Gasteiger partial charge is 0.336 e. The van der Waals surface area contributed by atoms with E-state index in [1.807, 2.05) is 6.07 Å². The van der Waals surface area contributed by atoms with Crippen LogP contribution in [0.4, 0.5) is 4.39 Å². The van der Waals surface area contributed by atoms with Gasteiger partial charge in [0, 0.05) is 24.5 Å². The van der Waals surface area contributed by atoms with E-state index in [2.05, 4.69) is 11.8 Å². The van der Waals surface area contributed by atoms with E-state index < -0.39 is 0 Å². The van der Waals surface area contributed by atoms with Gasteiger partial charge in [0.05, 0.1) is 10.6 Å². The van der Waals surface area contributed by atoms with Gasteiger partial charge in [-0.3, -0.25) is 4.90 Å². The zero-order chi connectivity index (χ0) is 20.4. The number of hydrogen-bond donors (Lipinski definition) is 0. The van der Waals surface area contributed by atoms with Crippen LogP contribution >= 0.6 is 11.6 Å². The highest BCUT2D eigenvalue weighted by atomic mass is 35.5. The van der Waals surface area contributed by atoms with Crippen molar-refractivity contribution in [1.29, 1.82) is 0 Å². The van der Waals surface area contributed by atoms with E-state index in [1.165, 1.54) is 12.1 Å². The normalized spacial score (nSPS) is 14.0. The SMILES string of the molecule is CCCCc1cc(=O)oc2c3c(c(Cl)cc12)OCN(CCc1ccc(F)cc1)C3. The predicted molar refractivity (Wildman–Crippen MR) is 112 cm³/mol. The van der Waals surface area contributed by atoms with Crippen LogP contribution in [0.1, 0.15) is 36.5 Å². The lowest BCUT2D eigenvalue weighted by molar-refractivity contribution is 0.0969. The second-order valence-corrected chi connectivity index (χ2v) is 7.85. The van der Waals surface area contributed by atoms with Crippen LogP contribution in [0.2, 0.25) is 5.02 Å². The summed E-state index contributed by atoms with van der Waals surface area (Å²) in [5, 5.41) is 1.42. The molecule has 29 heavy (non-hydrogen) atoms. The van der Waals surface area contributed by atoms with E-state index in [-0.39, 0.29) is 11.4 Å². The molecule has 0 spiro atoms. The summed E-state index contributed by atoms with van der Waals surface area (Å²) in [6.07, 6.45) is 3.61. The van der Waals surface area contributed by atoms with Crippen LogP contribution in [-0.4, -0.2) is 18.2 Å². The molecule has 2 aromatic carbocycles. The molecule has 4 nitrogen and oxygen atoms in total. The first kappa shape index (κ1) is 19.9. The molecule has 6 heteroatoms. The van der Waals surface area contributed by atoms with Gasteiger partial charge in [0.1, 0.15) is 23.9 Å². The molecule has 0 amide bonds.